The predicted octanol–water partition coefficient (Wildman–Crippen LogP) is 6.53. The fourth-order valence-electron chi connectivity index (χ4n) is 4.74. The number of nitrogens with zero attached hydrogens (tertiary/aromatic N) is 2. The second-order valence-corrected chi connectivity index (χ2v) is 10.2. The van der Waals surface area contributed by atoms with Gasteiger partial charge in [0, 0.05) is 29.2 Å². The van der Waals surface area contributed by atoms with Crippen molar-refractivity contribution in [1.29, 1.82) is 0 Å². The normalized spacial score (nSPS) is 14.1. The van der Waals surface area contributed by atoms with Crippen molar-refractivity contribution in [3.05, 3.63) is 66.7 Å². The van der Waals surface area contributed by atoms with Crippen LogP contribution in [0, 0.1) is 0 Å². The molecular weight excluding hydrogens is 472 g/mol. The van der Waals surface area contributed by atoms with Gasteiger partial charge >= 0.3 is 0 Å². The number of amides is 1. The number of piperidine rings is 1. The standard InChI is InChI=1S/C29H30N2O4S/c1-20(32)31(22-7-12-25(13-8-22)35-18-17-30-15-3-2-4-16-30)28-26-14-11-24(34)19-27(26)36-29(28)21-5-9-23(33)10-6-21/h5-14,19,33-34H,2-4,15-18H2,1H3. The Morgan fingerprint density at radius 3 is 2.33 bits per heavy atom. The molecule has 2 N–H and O–H groups in total. The van der Waals surface area contributed by atoms with Crippen molar-refractivity contribution in [2.75, 3.05) is 31.1 Å². The van der Waals surface area contributed by atoms with Crippen LogP contribution >= 0.6 is 11.3 Å². The van der Waals surface area contributed by atoms with Crippen LogP contribution in [-0.2, 0) is 4.79 Å². The first-order valence-corrected chi connectivity index (χ1v) is 13.1. The van der Waals surface area contributed by atoms with E-state index in [0.717, 1.165) is 57.3 Å². The molecule has 5 rings (SSSR count). The van der Waals surface area contributed by atoms with Crippen LogP contribution in [0.25, 0.3) is 20.5 Å². The molecule has 1 fully saturated rings. The van der Waals surface area contributed by atoms with E-state index in [-0.39, 0.29) is 17.4 Å². The summed E-state index contributed by atoms with van der Waals surface area (Å²) in [7, 11) is 0. The lowest BCUT2D eigenvalue weighted by molar-refractivity contribution is -0.115. The molecule has 0 spiro atoms. The van der Waals surface area contributed by atoms with Gasteiger partial charge in [-0.3, -0.25) is 14.6 Å². The van der Waals surface area contributed by atoms with Crippen LogP contribution in [0.4, 0.5) is 11.4 Å². The highest BCUT2D eigenvalue weighted by Gasteiger charge is 2.24. The fraction of sp³-hybridized carbons (Fsp3) is 0.276. The number of fused-ring (bicyclic) bond motifs is 1. The SMILES string of the molecule is CC(=O)N(c1ccc(OCCN2CCCCC2)cc1)c1c(-c2ccc(O)cc2)sc2cc(O)ccc12. The summed E-state index contributed by atoms with van der Waals surface area (Å²) in [6, 6.07) is 19.7. The molecule has 3 aromatic carbocycles. The van der Waals surface area contributed by atoms with Crippen LogP contribution in [0.1, 0.15) is 26.2 Å². The quantitative estimate of drug-likeness (QED) is 0.301. The number of thiophene rings is 1. The number of hydrogen-bond acceptors (Lipinski definition) is 6. The van der Waals surface area contributed by atoms with E-state index in [9.17, 15) is 15.0 Å². The van der Waals surface area contributed by atoms with E-state index in [1.165, 1.54) is 30.6 Å². The second-order valence-electron chi connectivity index (χ2n) is 9.11. The van der Waals surface area contributed by atoms with E-state index in [1.807, 2.05) is 42.5 Å². The fourth-order valence-corrected chi connectivity index (χ4v) is 5.96. The molecule has 0 bridgehead atoms. The molecule has 6 nitrogen and oxygen atoms in total. The highest BCUT2D eigenvalue weighted by atomic mass is 32.1. The van der Waals surface area contributed by atoms with Crippen molar-refractivity contribution >= 4 is 38.7 Å². The molecule has 1 aliphatic rings. The Bertz CT molecular complexity index is 1340. The third kappa shape index (κ3) is 5.17. The maximum absolute atomic E-state index is 13.0. The van der Waals surface area contributed by atoms with Gasteiger partial charge in [0.15, 0.2) is 0 Å². The molecule has 4 aromatic rings. The van der Waals surface area contributed by atoms with Crippen molar-refractivity contribution in [3.8, 4) is 27.7 Å². The zero-order valence-electron chi connectivity index (χ0n) is 20.3. The molecule has 7 heteroatoms. The first-order valence-electron chi connectivity index (χ1n) is 12.3. The first-order chi connectivity index (χ1) is 17.5. The lowest BCUT2D eigenvalue weighted by atomic mass is 10.1. The average Bonchev–Trinajstić information content (AvgIpc) is 3.24. The molecular formula is C29H30N2O4S. The van der Waals surface area contributed by atoms with Gasteiger partial charge in [-0.15, -0.1) is 11.3 Å². The van der Waals surface area contributed by atoms with E-state index in [1.54, 1.807) is 36.1 Å². The number of carbonyl (C=O) groups is 1. The van der Waals surface area contributed by atoms with Crippen molar-refractivity contribution in [3.63, 3.8) is 0 Å². The predicted molar refractivity (Wildman–Crippen MR) is 146 cm³/mol. The molecule has 0 atom stereocenters. The molecule has 1 saturated heterocycles. The summed E-state index contributed by atoms with van der Waals surface area (Å²) >= 11 is 1.50. The molecule has 1 aliphatic heterocycles. The van der Waals surface area contributed by atoms with Gasteiger partial charge in [-0.1, -0.05) is 6.42 Å². The van der Waals surface area contributed by atoms with Crippen LogP contribution in [0.5, 0.6) is 17.2 Å². The summed E-state index contributed by atoms with van der Waals surface area (Å²) in [5.74, 6) is 1.01. The number of phenols is 2. The number of rotatable bonds is 7. The second kappa shape index (κ2) is 10.6. The van der Waals surface area contributed by atoms with Gasteiger partial charge in [0.2, 0.25) is 5.91 Å². The number of phenolic OH excluding ortho intramolecular Hbond substituents is 2. The average molecular weight is 503 g/mol. The Kier molecular flexibility index (Phi) is 7.11. The lowest BCUT2D eigenvalue weighted by Crippen LogP contribution is -2.33. The Labute approximate surface area is 215 Å². The number of ether oxygens (including phenoxy) is 1. The summed E-state index contributed by atoms with van der Waals surface area (Å²) in [6.45, 7) is 5.40. The van der Waals surface area contributed by atoms with Gasteiger partial charge in [-0.25, -0.2) is 0 Å². The van der Waals surface area contributed by atoms with Crippen molar-refractivity contribution in [2.45, 2.75) is 26.2 Å². The summed E-state index contributed by atoms with van der Waals surface area (Å²) < 4.78 is 6.86. The minimum atomic E-state index is -0.124. The molecule has 36 heavy (non-hydrogen) atoms. The maximum Gasteiger partial charge on any atom is 0.228 e. The first kappa shape index (κ1) is 24.2. The Balaban J connectivity index is 1.46. The molecule has 0 radical (unpaired) electrons. The van der Waals surface area contributed by atoms with Crippen LogP contribution in [0.3, 0.4) is 0 Å². The highest BCUT2D eigenvalue weighted by Crippen LogP contribution is 2.48. The largest absolute Gasteiger partial charge is 0.508 e. The lowest BCUT2D eigenvalue weighted by Gasteiger charge is -2.26. The van der Waals surface area contributed by atoms with Gasteiger partial charge in [-0.2, -0.15) is 0 Å². The van der Waals surface area contributed by atoms with Crippen molar-refractivity contribution in [2.24, 2.45) is 0 Å². The zero-order chi connectivity index (χ0) is 25.1. The number of anilines is 2. The minimum Gasteiger partial charge on any atom is -0.508 e. The van der Waals surface area contributed by atoms with Gasteiger partial charge in [0.25, 0.3) is 0 Å². The smallest absolute Gasteiger partial charge is 0.228 e. The van der Waals surface area contributed by atoms with Crippen LogP contribution in [0.15, 0.2) is 66.7 Å². The number of likely N-dealkylation sites (tertiary alicyclic amines) is 1. The highest BCUT2D eigenvalue weighted by molar-refractivity contribution is 7.23. The summed E-state index contributed by atoms with van der Waals surface area (Å²) in [6.07, 6.45) is 3.84. The number of benzene rings is 3. The van der Waals surface area contributed by atoms with Gasteiger partial charge in [0.1, 0.15) is 23.9 Å². The third-order valence-electron chi connectivity index (χ3n) is 6.54. The molecule has 186 valence electrons. The number of hydrogen-bond donors (Lipinski definition) is 2. The summed E-state index contributed by atoms with van der Waals surface area (Å²) in [4.78, 5) is 18.1. The number of carbonyl (C=O) groups excluding carboxylic acids is 1. The molecule has 0 saturated carbocycles. The summed E-state index contributed by atoms with van der Waals surface area (Å²) in [5, 5.41) is 20.7. The molecule has 1 amide bonds. The van der Waals surface area contributed by atoms with E-state index in [0.29, 0.717) is 6.61 Å². The number of aromatic hydroxyl groups is 2. The summed E-state index contributed by atoms with van der Waals surface area (Å²) in [5.41, 5.74) is 2.37. The van der Waals surface area contributed by atoms with Crippen LogP contribution in [-0.4, -0.2) is 47.3 Å². The van der Waals surface area contributed by atoms with Crippen molar-refractivity contribution in [1.82, 2.24) is 4.90 Å². The van der Waals surface area contributed by atoms with E-state index < -0.39 is 0 Å². The Morgan fingerprint density at radius 2 is 1.64 bits per heavy atom. The molecule has 0 unspecified atom stereocenters. The minimum absolute atomic E-state index is 0.124. The van der Waals surface area contributed by atoms with Gasteiger partial charge in [0.05, 0.1) is 10.6 Å². The zero-order valence-corrected chi connectivity index (χ0v) is 21.1. The topological polar surface area (TPSA) is 73.2 Å². The van der Waals surface area contributed by atoms with E-state index in [4.69, 9.17) is 4.74 Å². The van der Waals surface area contributed by atoms with E-state index >= 15 is 0 Å². The molecule has 2 heterocycles. The Morgan fingerprint density at radius 1 is 0.944 bits per heavy atom. The monoisotopic (exact) mass is 502 g/mol. The third-order valence-corrected chi connectivity index (χ3v) is 7.73. The van der Waals surface area contributed by atoms with Gasteiger partial charge in [-0.05, 0) is 98.2 Å². The maximum atomic E-state index is 13.0. The van der Waals surface area contributed by atoms with Gasteiger partial charge < -0.3 is 14.9 Å². The molecule has 1 aromatic heterocycles. The van der Waals surface area contributed by atoms with E-state index in [2.05, 4.69) is 4.90 Å². The van der Waals surface area contributed by atoms with Crippen molar-refractivity contribution < 1.29 is 19.7 Å². The van der Waals surface area contributed by atoms with Crippen LogP contribution in [0.2, 0.25) is 0 Å². The van der Waals surface area contributed by atoms with Crippen LogP contribution < -0.4 is 9.64 Å². The Hall–Kier alpha value is -3.55. The molecule has 0 aliphatic carbocycles.